The van der Waals surface area contributed by atoms with Crippen molar-refractivity contribution in [2.24, 2.45) is 0 Å². The molecule has 0 saturated heterocycles. The maximum atomic E-state index is 14.0. The average Bonchev–Trinajstić information content (AvgIpc) is 2.32. The lowest BCUT2D eigenvalue weighted by molar-refractivity contribution is 0.0845. The van der Waals surface area contributed by atoms with Crippen LogP contribution in [0.1, 0.15) is 19.4 Å². The molecule has 1 aromatic carbocycles. The number of halogens is 2. The molecule has 0 aliphatic rings. The SMILES string of the molecule is CC(C)OCCN(C)c1ccc(C#N)c(Br)c1F. The lowest BCUT2D eigenvalue weighted by atomic mass is 10.2. The molecule has 5 heteroatoms. The Bertz CT molecular complexity index is 457. The Balaban J connectivity index is 2.78. The number of hydrogen-bond acceptors (Lipinski definition) is 3. The molecule has 0 aromatic heterocycles. The van der Waals surface area contributed by atoms with Crippen LogP contribution in [0.5, 0.6) is 0 Å². The molecule has 0 spiro atoms. The number of nitriles is 1. The van der Waals surface area contributed by atoms with Gasteiger partial charge in [-0.2, -0.15) is 5.26 Å². The smallest absolute Gasteiger partial charge is 0.161 e. The number of benzene rings is 1. The fraction of sp³-hybridized carbons (Fsp3) is 0.462. The van der Waals surface area contributed by atoms with Crippen molar-refractivity contribution in [1.29, 1.82) is 5.26 Å². The van der Waals surface area contributed by atoms with Crippen LogP contribution >= 0.6 is 15.9 Å². The van der Waals surface area contributed by atoms with Crippen LogP contribution in [0.2, 0.25) is 0 Å². The molecule has 0 bridgehead atoms. The van der Waals surface area contributed by atoms with E-state index in [0.717, 1.165) is 0 Å². The largest absolute Gasteiger partial charge is 0.377 e. The topological polar surface area (TPSA) is 36.3 Å². The van der Waals surface area contributed by atoms with Gasteiger partial charge in [-0.1, -0.05) is 0 Å². The normalized spacial score (nSPS) is 10.5. The van der Waals surface area contributed by atoms with Gasteiger partial charge in [-0.25, -0.2) is 4.39 Å². The Hall–Kier alpha value is -1.12. The summed E-state index contributed by atoms with van der Waals surface area (Å²) >= 11 is 3.10. The van der Waals surface area contributed by atoms with Crippen molar-refractivity contribution in [2.45, 2.75) is 20.0 Å². The maximum absolute atomic E-state index is 14.0. The van der Waals surface area contributed by atoms with Crippen LogP contribution in [0.4, 0.5) is 10.1 Å². The number of rotatable bonds is 5. The molecule has 98 valence electrons. The first-order valence-electron chi connectivity index (χ1n) is 5.68. The van der Waals surface area contributed by atoms with Gasteiger partial charge >= 0.3 is 0 Å². The molecule has 3 nitrogen and oxygen atoms in total. The van der Waals surface area contributed by atoms with Crippen molar-refractivity contribution < 1.29 is 9.13 Å². The monoisotopic (exact) mass is 314 g/mol. The quantitative estimate of drug-likeness (QED) is 0.836. The molecule has 0 atom stereocenters. The summed E-state index contributed by atoms with van der Waals surface area (Å²) in [4.78, 5) is 1.77. The predicted octanol–water partition coefficient (Wildman–Crippen LogP) is 3.32. The lowest BCUT2D eigenvalue weighted by Gasteiger charge is -2.21. The van der Waals surface area contributed by atoms with Crippen molar-refractivity contribution in [3.05, 3.63) is 28.0 Å². The van der Waals surface area contributed by atoms with Gasteiger partial charge in [0.25, 0.3) is 0 Å². The molecule has 0 N–H and O–H groups in total. The minimum Gasteiger partial charge on any atom is -0.377 e. The fourth-order valence-corrected chi connectivity index (χ4v) is 1.89. The fourth-order valence-electron chi connectivity index (χ4n) is 1.47. The van der Waals surface area contributed by atoms with Gasteiger partial charge in [-0.05, 0) is 41.9 Å². The van der Waals surface area contributed by atoms with Crippen molar-refractivity contribution in [1.82, 2.24) is 0 Å². The first-order chi connectivity index (χ1) is 8.47. The summed E-state index contributed by atoms with van der Waals surface area (Å²) in [7, 11) is 1.79. The first-order valence-corrected chi connectivity index (χ1v) is 6.47. The van der Waals surface area contributed by atoms with E-state index >= 15 is 0 Å². The summed E-state index contributed by atoms with van der Waals surface area (Å²) in [6.07, 6.45) is 0.163. The van der Waals surface area contributed by atoms with Crippen molar-refractivity contribution in [3.8, 4) is 6.07 Å². The van der Waals surface area contributed by atoms with Gasteiger partial charge in [0.15, 0.2) is 5.82 Å². The molecule has 0 aliphatic heterocycles. The lowest BCUT2D eigenvalue weighted by Crippen LogP contribution is -2.24. The van der Waals surface area contributed by atoms with Gasteiger partial charge in [-0.15, -0.1) is 0 Å². The number of nitrogens with zero attached hydrogens (tertiary/aromatic N) is 2. The summed E-state index contributed by atoms with van der Waals surface area (Å²) < 4.78 is 19.6. The molecule has 1 rings (SSSR count). The van der Waals surface area contributed by atoms with Crippen LogP contribution in [-0.4, -0.2) is 26.3 Å². The second-order valence-corrected chi connectivity index (χ2v) is 5.01. The number of ether oxygens (including phenoxy) is 1. The standard InChI is InChI=1S/C13H16BrFN2O/c1-9(2)18-7-6-17(3)11-5-4-10(8-16)12(14)13(11)15/h4-5,9H,6-7H2,1-3H3. The molecule has 0 amide bonds. The minimum absolute atomic E-state index is 0.163. The highest BCUT2D eigenvalue weighted by molar-refractivity contribution is 9.10. The van der Waals surface area contributed by atoms with E-state index < -0.39 is 5.82 Å². The summed E-state index contributed by atoms with van der Waals surface area (Å²) in [6.45, 7) is 5.04. The van der Waals surface area contributed by atoms with Crippen LogP contribution in [0.15, 0.2) is 16.6 Å². The average molecular weight is 315 g/mol. The molecule has 18 heavy (non-hydrogen) atoms. The van der Waals surface area contributed by atoms with Gasteiger partial charge in [0.1, 0.15) is 6.07 Å². The van der Waals surface area contributed by atoms with E-state index in [0.29, 0.717) is 24.4 Å². The Morgan fingerprint density at radius 3 is 2.72 bits per heavy atom. The summed E-state index contributed by atoms with van der Waals surface area (Å²) in [6, 6.07) is 5.13. The summed E-state index contributed by atoms with van der Waals surface area (Å²) in [5, 5.41) is 8.79. The predicted molar refractivity (Wildman–Crippen MR) is 73.2 cm³/mol. The molecular formula is C13H16BrFN2O. The van der Waals surface area contributed by atoms with Gasteiger partial charge < -0.3 is 9.64 Å². The van der Waals surface area contributed by atoms with Crippen molar-refractivity contribution in [2.75, 3.05) is 25.1 Å². The third kappa shape index (κ3) is 3.69. The Kier molecular flexibility index (Phi) is 5.57. The molecular weight excluding hydrogens is 299 g/mol. The van der Waals surface area contributed by atoms with Crippen molar-refractivity contribution >= 4 is 21.6 Å². The van der Waals surface area contributed by atoms with E-state index in [4.69, 9.17) is 10.00 Å². The van der Waals surface area contributed by atoms with Gasteiger partial charge in [0, 0.05) is 13.6 Å². The third-order valence-electron chi connectivity index (χ3n) is 2.47. The van der Waals surface area contributed by atoms with Crippen LogP contribution in [0.25, 0.3) is 0 Å². The van der Waals surface area contributed by atoms with Crippen LogP contribution in [-0.2, 0) is 4.74 Å². The molecule has 0 unspecified atom stereocenters. The van der Waals surface area contributed by atoms with E-state index in [2.05, 4.69) is 15.9 Å². The van der Waals surface area contributed by atoms with Gasteiger partial charge in [-0.3, -0.25) is 0 Å². The van der Waals surface area contributed by atoms with Crippen LogP contribution in [0.3, 0.4) is 0 Å². The van der Waals surface area contributed by atoms with E-state index in [-0.39, 0.29) is 10.6 Å². The molecule has 0 saturated carbocycles. The highest BCUT2D eigenvalue weighted by Gasteiger charge is 2.14. The highest BCUT2D eigenvalue weighted by atomic mass is 79.9. The minimum atomic E-state index is -0.416. The molecule has 1 aromatic rings. The van der Waals surface area contributed by atoms with Crippen LogP contribution in [0, 0.1) is 17.1 Å². The number of hydrogen-bond donors (Lipinski definition) is 0. The zero-order valence-corrected chi connectivity index (χ0v) is 12.3. The second-order valence-electron chi connectivity index (χ2n) is 4.21. The van der Waals surface area contributed by atoms with Gasteiger partial charge in [0.2, 0.25) is 0 Å². The number of anilines is 1. The van der Waals surface area contributed by atoms with E-state index in [1.165, 1.54) is 0 Å². The molecule has 0 radical (unpaired) electrons. The zero-order chi connectivity index (χ0) is 13.7. The molecule has 0 aliphatic carbocycles. The van der Waals surface area contributed by atoms with Crippen LogP contribution < -0.4 is 4.90 Å². The summed E-state index contributed by atoms with van der Waals surface area (Å²) in [5.41, 5.74) is 0.747. The van der Waals surface area contributed by atoms with E-state index in [9.17, 15) is 4.39 Å². The van der Waals surface area contributed by atoms with Gasteiger partial charge in [0.05, 0.1) is 28.4 Å². The molecule has 0 fully saturated rings. The van der Waals surface area contributed by atoms with E-state index in [1.807, 2.05) is 19.9 Å². The first kappa shape index (κ1) is 14.9. The Morgan fingerprint density at radius 2 is 2.17 bits per heavy atom. The summed E-state index contributed by atoms with van der Waals surface area (Å²) in [5.74, 6) is -0.416. The third-order valence-corrected chi connectivity index (χ3v) is 3.25. The Labute approximate surface area is 115 Å². The van der Waals surface area contributed by atoms with E-state index in [1.54, 1.807) is 24.1 Å². The van der Waals surface area contributed by atoms with Crippen molar-refractivity contribution in [3.63, 3.8) is 0 Å². The Morgan fingerprint density at radius 1 is 1.50 bits per heavy atom. The second kappa shape index (κ2) is 6.72. The maximum Gasteiger partial charge on any atom is 0.161 e. The number of likely N-dealkylation sites (N-methyl/N-ethyl adjacent to an activating group) is 1. The molecule has 0 heterocycles. The zero-order valence-electron chi connectivity index (χ0n) is 10.7. The highest BCUT2D eigenvalue weighted by Crippen LogP contribution is 2.28.